The molecule has 32 heavy (non-hydrogen) atoms. The average molecular weight is 478 g/mol. The van der Waals surface area contributed by atoms with Crippen LogP contribution < -0.4 is 20.3 Å². The number of ether oxygens (including phenoxy) is 1. The van der Waals surface area contributed by atoms with E-state index in [0.29, 0.717) is 17.0 Å². The minimum Gasteiger partial charge on any atom is -0.481 e. The number of benzene rings is 2. The molecule has 0 spiro atoms. The van der Waals surface area contributed by atoms with E-state index in [1.54, 1.807) is 35.7 Å². The first kappa shape index (κ1) is 23.2. The first-order valence-corrected chi connectivity index (χ1v) is 11.8. The van der Waals surface area contributed by atoms with Gasteiger partial charge >= 0.3 is 0 Å². The number of thiophene rings is 1. The smallest absolute Gasteiger partial charge is 0.279 e. The third-order valence-corrected chi connectivity index (χ3v) is 6.93. The molecule has 0 saturated heterocycles. The van der Waals surface area contributed by atoms with Gasteiger partial charge in [0.1, 0.15) is 15.8 Å². The molecular weight excluding hydrogens is 457 g/mol. The standard InChI is InChI=1S/C21H20FN3O5S2/c1-14(30-18-10-6-16(22)7-11-18)21(27)24-23-19(26)13-15-4-8-17(9-5-15)25-32(28,29)20-3-2-12-31-20/h2-12,14,25H,13H2,1H3,(H,23,26)(H,24,27)/t14-/m0/s1. The minimum absolute atomic E-state index is 0.0363. The highest BCUT2D eigenvalue weighted by atomic mass is 32.2. The van der Waals surface area contributed by atoms with E-state index in [0.717, 1.165) is 11.3 Å². The van der Waals surface area contributed by atoms with E-state index in [1.165, 1.54) is 37.3 Å². The Kier molecular flexibility index (Phi) is 7.44. The number of halogens is 1. The van der Waals surface area contributed by atoms with Crippen molar-refractivity contribution in [1.29, 1.82) is 0 Å². The molecule has 1 aromatic heterocycles. The zero-order valence-electron chi connectivity index (χ0n) is 16.9. The number of amides is 2. The molecule has 0 bridgehead atoms. The summed E-state index contributed by atoms with van der Waals surface area (Å²) >= 11 is 1.11. The fraction of sp³-hybridized carbons (Fsp3) is 0.143. The van der Waals surface area contributed by atoms with E-state index in [9.17, 15) is 22.4 Å². The van der Waals surface area contributed by atoms with Crippen LogP contribution in [0.1, 0.15) is 12.5 Å². The lowest BCUT2D eigenvalue weighted by atomic mass is 10.1. The van der Waals surface area contributed by atoms with Crippen LogP contribution in [-0.2, 0) is 26.0 Å². The Labute approximate surface area is 188 Å². The third kappa shape index (κ3) is 6.53. The summed E-state index contributed by atoms with van der Waals surface area (Å²) in [6.07, 6.45) is -0.956. The van der Waals surface area contributed by atoms with Crippen LogP contribution >= 0.6 is 11.3 Å². The number of hydrazine groups is 1. The van der Waals surface area contributed by atoms with Crippen molar-refractivity contribution in [3.05, 3.63) is 77.4 Å². The second-order valence-corrected chi connectivity index (χ2v) is 9.52. The summed E-state index contributed by atoms with van der Waals surface area (Å²) in [6, 6.07) is 14.7. The molecule has 1 heterocycles. The van der Waals surface area contributed by atoms with Gasteiger partial charge in [-0.3, -0.25) is 25.2 Å². The number of carbonyl (C=O) groups is 2. The first-order valence-electron chi connectivity index (χ1n) is 9.39. The quantitative estimate of drug-likeness (QED) is 0.432. The molecule has 0 aliphatic heterocycles. The number of hydrogen-bond acceptors (Lipinski definition) is 6. The van der Waals surface area contributed by atoms with E-state index in [4.69, 9.17) is 4.74 Å². The summed E-state index contributed by atoms with van der Waals surface area (Å²) in [5.41, 5.74) is 5.53. The van der Waals surface area contributed by atoms with Crippen molar-refractivity contribution >= 4 is 38.9 Å². The van der Waals surface area contributed by atoms with E-state index < -0.39 is 33.8 Å². The summed E-state index contributed by atoms with van der Waals surface area (Å²) in [7, 11) is -3.65. The summed E-state index contributed by atoms with van der Waals surface area (Å²) < 4.78 is 45.4. The Morgan fingerprint density at radius 1 is 1.03 bits per heavy atom. The molecule has 3 rings (SSSR count). The normalized spacial score (nSPS) is 11.9. The molecule has 2 aromatic carbocycles. The van der Waals surface area contributed by atoms with Crippen LogP contribution in [0.3, 0.4) is 0 Å². The van der Waals surface area contributed by atoms with Gasteiger partial charge in [0.2, 0.25) is 5.91 Å². The first-order chi connectivity index (χ1) is 15.2. The van der Waals surface area contributed by atoms with Gasteiger partial charge in [0.15, 0.2) is 6.10 Å². The minimum atomic E-state index is -3.65. The zero-order chi connectivity index (χ0) is 23.1. The van der Waals surface area contributed by atoms with Gasteiger partial charge in [-0.15, -0.1) is 11.3 Å². The Balaban J connectivity index is 1.46. The molecule has 0 fully saturated rings. The third-order valence-electron chi connectivity index (χ3n) is 4.15. The maximum atomic E-state index is 12.9. The highest BCUT2D eigenvalue weighted by molar-refractivity contribution is 7.94. The summed E-state index contributed by atoms with van der Waals surface area (Å²) in [6.45, 7) is 1.49. The van der Waals surface area contributed by atoms with Gasteiger partial charge in [0.05, 0.1) is 6.42 Å². The van der Waals surface area contributed by atoms with Gasteiger partial charge in [-0.1, -0.05) is 18.2 Å². The van der Waals surface area contributed by atoms with E-state index in [1.807, 2.05) is 0 Å². The molecule has 168 valence electrons. The fourth-order valence-electron chi connectivity index (χ4n) is 2.55. The van der Waals surface area contributed by atoms with Gasteiger partial charge < -0.3 is 4.74 Å². The summed E-state index contributed by atoms with van der Waals surface area (Å²) in [5.74, 6) is -1.16. The second kappa shape index (κ2) is 10.2. The van der Waals surface area contributed by atoms with Crippen LogP contribution in [-0.4, -0.2) is 26.3 Å². The van der Waals surface area contributed by atoms with E-state index >= 15 is 0 Å². The van der Waals surface area contributed by atoms with Gasteiger partial charge in [0, 0.05) is 5.69 Å². The van der Waals surface area contributed by atoms with Gasteiger partial charge in [-0.2, -0.15) is 0 Å². The van der Waals surface area contributed by atoms with Crippen LogP contribution in [0.2, 0.25) is 0 Å². The predicted molar refractivity (Wildman–Crippen MR) is 118 cm³/mol. The van der Waals surface area contributed by atoms with Gasteiger partial charge in [-0.25, -0.2) is 12.8 Å². The Hall–Kier alpha value is -3.44. The van der Waals surface area contributed by atoms with Crippen molar-refractivity contribution < 1.29 is 27.1 Å². The molecule has 1 atom stereocenters. The Bertz CT molecular complexity index is 1170. The molecule has 0 aliphatic carbocycles. The highest BCUT2D eigenvalue weighted by Gasteiger charge is 2.17. The monoisotopic (exact) mass is 477 g/mol. The molecule has 0 saturated carbocycles. The van der Waals surface area contributed by atoms with Crippen LogP contribution in [0.15, 0.2) is 70.3 Å². The molecular formula is C21H20FN3O5S2. The number of hydrogen-bond donors (Lipinski definition) is 3. The summed E-state index contributed by atoms with van der Waals surface area (Å²) in [5, 5.41) is 1.67. The molecule has 2 amide bonds. The lowest BCUT2D eigenvalue weighted by Gasteiger charge is -2.15. The Morgan fingerprint density at radius 2 is 1.72 bits per heavy atom. The van der Waals surface area contributed by atoms with Crippen LogP contribution in [0, 0.1) is 5.82 Å². The van der Waals surface area contributed by atoms with E-state index in [-0.39, 0.29) is 10.6 Å². The maximum Gasteiger partial charge on any atom is 0.279 e. The van der Waals surface area contributed by atoms with Crippen molar-refractivity contribution in [2.75, 3.05) is 4.72 Å². The lowest BCUT2D eigenvalue weighted by Crippen LogP contribution is -2.47. The zero-order valence-corrected chi connectivity index (χ0v) is 18.5. The van der Waals surface area contributed by atoms with Crippen molar-refractivity contribution in [1.82, 2.24) is 10.9 Å². The second-order valence-electron chi connectivity index (χ2n) is 6.66. The lowest BCUT2D eigenvalue weighted by molar-refractivity contribution is -0.132. The van der Waals surface area contributed by atoms with E-state index in [2.05, 4.69) is 15.6 Å². The molecule has 11 heteroatoms. The molecule has 0 unspecified atom stereocenters. The summed E-state index contributed by atoms with van der Waals surface area (Å²) in [4.78, 5) is 24.1. The fourth-order valence-corrected chi connectivity index (χ4v) is 4.60. The largest absolute Gasteiger partial charge is 0.481 e. The number of anilines is 1. The molecule has 0 radical (unpaired) electrons. The maximum absolute atomic E-state index is 12.9. The van der Waals surface area contributed by atoms with Crippen molar-refractivity contribution in [3.63, 3.8) is 0 Å². The van der Waals surface area contributed by atoms with Crippen molar-refractivity contribution in [3.8, 4) is 5.75 Å². The topological polar surface area (TPSA) is 114 Å². The SMILES string of the molecule is C[C@H](Oc1ccc(F)cc1)C(=O)NNC(=O)Cc1ccc(NS(=O)(=O)c2cccs2)cc1. The Morgan fingerprint density at radius 3 is 2.34 bits per heavy atom. The van der Waals surface area contributed by atoms with Crippen LogP contribution in [0.25, 0.3) is 0 Å². The predicted octanol–water partition coefficient (Wildman–Crippen LogP) is 2.85. The van der Waals surface area contributed by atoms with Crippen molar-refractivity contribution in [2.45, 2.75) is 23.7 Å². The molecule has 0 aliphatic rings. The van der Waals surface area contributed by atoms with Crippen molar-refractivity contribution in [2.24, 2.45) is 0 Å². The molecule has 3 N–H and O–H groups in total. The van der Waals surface area contributed by atoms with Gasteiger partial charge in [-0.05, 0) is 60.3 Å². The van der Waals surface area contributed by atoms with Crippen LogP contribution in [0.5, 0.6) is 5.75 Å². The van der Waals surface area contributed by atoms with Gasteiger partial charge in [0.25, 0.3) is 15.9 Å². The number of sulfonamides is 1. The molecule has 8 nitrogen and oxygen atoms in total. The average Bonchev–Trinajstić information content (AvgIpc) is 3.31. The number of rotatable bonds is 8. The number of carbonyl (C=O) groups excluding carboxylic acids is 2. The molecule has 3 aromatic rings. The van der Waals surface area contributed by atoms with Crippen LogP contribution in [0.4, 0.5) is 10.1 Å². The number of nitrogens with one attached hydrogen (secondary N) is 3. The highest BCUT2D eigenvalue weighted by Crippen LogP contribution is 2.20.